The average Bonchev–Trinajstić information content (AvgIpc) is 1.35. The monoisotopic (exact) mass is 103 g/mol. The van der Waals surface area contributed by atoms with Gasteiger partial charge in [0.15, 0.2) is 0 Å². The summed E-state index contributed by atoms with van der Waals surface area (Å²) in [4.78, 5) is 0.998. The van der Waals surface area contributed by atoms with Crippen LogP contribution in [-0.4, -0.2) is 7.05 Å². The van der Waals surface area contributed by atoms with Crippen LogP contribution in [0.25, 0.3) is 0 Å². The van der Waals surface area contributed by atoms with E-state index in [-0.39, 0.29) is 0 Å². The molecule has 0 bridgehead atoms. The summed E-state index contributed by atoms with van der Waals surface area (Å²) in [5.74, 6) is 0. The minimum atomic E-state index is 0.998. The topological polar surface area (TPSA) is 12.0 Å². The molecule has 0 aliphatic heterocycles. The molecule has 0 rings (SSSR count). The highest BCUT2D eigenvalue weighted by atomic mass is 32.1. The predicted octanol–water partition coefficient (Wildman–Crippen LogP) is 0.997. The zero-order chi connectivity index (χ0) is 4.99. The SMILES string of the molecule is CN/C=C(/C)S. The van der Waals surface area contributed by atoms with Gasteiger partial charge in [-0.2, -0.15) is 0 Å². The summed E-state index contributed by atoms with van der Waals surface area (Å²) in [5, 5.41) is 2.83. The van der Waals surface area contributed by atoms with Gasteiger partial charge in [0, 0.05) is 13.2 Å². The molecule has 0 aromatic rings. The van der Waals surface area contributed by atoms with Crippen molar-refractivity contribution in [3.8, 4) is 0 Å². The molecule has 1 nitrogen and oxygen atoms in total. The van der Waals surface area contributed by atoms with Gasteiger partial charge in [-0.15, -0.1) is 12.6 Å². The van der Waals surface area contributed by atoms with E-state index in [0.29, 0.717) is 0 Å². The van der Waals surface area contributed by atoms with Gasteiger partial charge in [0.25, 0.3) is 0 Å². The van der Waals surface area contributed by atoms with Crippen molar-refractivity contribution in [2.45, 2.75) is 6.92 Å². The molecule has 0 radical (unpaired) electrons. The molecule has 0 aromatic carbocycles. The molecule has 0 aromatic heterocycles. The summed E-state index contributed by atoms with van der Waals surface area (Å²) in [6.45, 7) is 1.92. The van der Waals surface area contributed by atoms with E-state index in [4.69, 9.17) is 0 Å². The molecule has 0 saturated carbocycles. The molecule has 2 heteroatoms. The van der Waals surface area contributed by atoms with E-state index in [0.717, 1.165) is 4.91 Å². The van der Waals surface area contributed by atoms with Gasteiger partial charge < -0.3 is 5.32 Å². The van der Waals surface area contributed by atoms with Gasteiger partial charge in [-0.05, 0) is 11.8 Å². The van der Waals surface area contributed by atoms with Crippen molar-refractivity contribution < 1.29 is 0 Å². The van der Waals surface area contributed by atoms with Crippen LogP contribution in [0.1, 0.15) is 6.92 Å². The van der Waals surface area contributed by atoms with Crippen LogP contribution in [0.4, 0.5) is 0 Å². The molecule has 0 aliphatic carbocycles. The lowest BCUT2D eigenvalue weighted by molar-refractivity contribution is 1.09. The Labute approximate surface area is 43.8 Å². The highest BCUT2D eigenvalue weighted by Gasteiger charge is 1.66. The summed E-state index contributed by atoms with van der Waals surface area (Å²) in [7, 11) is 1.85. The van der Waals surface area contributed by atoms with Crippen LogP contribution in [0.5, 0.6) is 0 Å². The van der Waals surface area contributed by atoms with E-state index >= 15 is 0 Å². The van der Waals surface area contributed by atoms with Crippen molar-refractivity contribution in [1.29, 1.82) is 0 Å². The Morgan fingerprint density at radius 3 is 2.33 bits per heavy atom. The molecule has 0 spiro atoms. The number of hydrogen-bond donors (Lipinski definition) is 2. The van der Waals surface area contributed by atoms with Gasteiger partial charge in [0.2, 0.25) is 0 Å². The molecular weight excluding hydrogens is 94.1 g/mol. The molecule has 1 N–H and O–H groups in total. The summed E-state index contributed by atoms with van der Waals surface area (Å²) in [6, 6.07) is 0. The molecular formula is C4H9NS. The third-order valence-corrected chi connectivity index (χ3v) is 0.482. The summed E-state index contributed by atoms with van der Waals surface area (Å²) in [5.41, 5.74) is 0. The Hall–Kier alpha value is -0.110. The van der Waals surface area contributed by atoms with Gasteiger partial charge >= 0.3 is 0 Å². The van der Waals surface area contributed by atoms with Crippen molar-refractivity contribution in [2.75, 3.05) is 7.05 Å². The van der Waals surface area contributed by atoms with Crippen LogP contribution < -0.4 is 5.32 Å². The van der Waals surface area contributed by atoms with Gasteiger partial charge in [-0.25, -0.2) is 0 Å². The van der Waals surface area contributed by atoms with E-state index in [1.165, 1.54) is 0 Å². The Kier molecular flexibility index (Phi) is 3.04. The molecule has 0 unspecified atom stereocenters. The fourth-order valence-corrected chi connectivity index (χ4v) is 0.338. The Bertz CT molecular complexity index is 54.6. The number of nitrogens with one attached hydrogen (secondary N) is 1. The lowest BCUT2D eigenvalue weighted by Crippen LogP contribution is -1.91. The van der Waals surface area contributed by atoms with Crippen molar-refractivity contribution in [1.82, 2.24) is 5.32 Å². The summed E-state index contributed by atoms with van der Waals surface area (Å²) >= 11 is 3.98. The van der Waals surface area contributed by atoms with E-state index < -0.39 is 0 Å². The molecule has 36 valence electrons. The Morgan fingerprint density at radius 1 is 1.83 bits per heavy atom. The maximum absolute atomic E-state index is 3.98. The zero-order valence-electron chi connectivity index (χ0n) is 4.02. The first-order chi connectivity index (χ1) is 2.77. The van der Waals surface area contributed by atoms with Crippen LogP contribution in [0.2, 0.25) is 0 Å². The largest absolute Gasteiger partial charge is 0.393 e. The fraction of sp³-hybridized carbons (Fsp3) is 0.500. The minimum absolute atomic E-state index is 0.998. The normalized spacial score (nSPS) is 11.5. The predicted molar refractivity (Wildman–Crippen MR) is 31.8 cm³/mol. The van der Waals surface area contributed by atoms with Crippen LogP contribution in [0.3, 0.4) is 0 Å². The number of thiol groups is 1. The first-order valence-corrected chi connectivity index (χ1v) is 2.25. The third-order valence-electron chi connectivity index (χ3n) is 0.353. The van der Waals surface area contributed by atoms with Crippen LogP contribution in [0.15, 0.2) is 11.1 Å². The molecule has 0 amide bonds. The molecule has 0 fully saturated rings. The second kappa shape index (κ2) is 3.09. The molecule has 0 aliphatic rings. The second-order valence-electron chi connectivity index (χ2n) is 1.07. The lowest BCUT2D eigenvalue weighted by atomic mass is 10.7. The Morgan fingerprint density at radius 2 is 2.33 bits per heavy atom. The quantitative estimate of drug-likeness (QED) is 0.472. The fourth-order valence-electron chi connectivity index (χ4n) is 0.209. The number of hydrogen-bond acceptors (Lipinski definition) is 2. The van der Waals surface area contributed by atoms with Crippen LogP contribution in [0, 0.1) is 0 Å². The molecule has 0 atom stereocenters. The van der Waals surface area contributed by atoms with E-state index in [9.17, 15) is 0 Å². The van der Waals surface area contributed by atoms with Crippen LogP contribution in [-0.2, 0) is 0 Å². The highest BCUT2D eigenvalue weighted by Crippen LogP contribution is 1.91. The van der Waals surface area contributed by atoms with Gasteiger partial charge in [0.1, 0.15) is 0 Å². The standard InChI is InChI=1S/C4H9NS/c1-4(6)3-5-2/h3,5-6H,1-2H3/b4-3-. The number of rotatable bonds is 1. The molecule has 0 heterocycles. The smallest absolute Gasteiger partial charge is 0.00527 e. The van der Waals surface area contributed by atoms with Gasteiger partial charge in [-0.1, -0.05) is 0 Å². The number of allylic oxidation sites excluding steroid dienone is 1. The third kappa shape index (κ3) is 3.89. The van der Waals surface area contributed by atoms with Crippen molar-refractivity contribution in [3.63, 3.8) is 0 Å². The second-order valence-corrected chi connectivity index (χ2v) is 1.78. The van der Waals surface area contributed by atoms with E-state index in [1.807, 2.05) is 20.2 Å². The van der Waals surface area contributed by atoms with Gasteiger partial charge in [0.05, 0.1) is 0 Å². The highest BCUT2D eigenvalue weighted by molar-refractivity contribution is 7.84. The average molecular weight is 103 g/mol. The van der Waals surface area contributed by atoms with Crippen molar-refractivity contribution >= 4 is 12.6 Å². The maximum atomic E-state index is 3.98. The van der Waals surface area contributed by atoms with E-state index in [1.54, 1.807) is 0 Å². The van der Waals surface area contributed by atoms with Crippen molar-refractivity contribution in [3.05, 3.63) is 11.1 Å². The zero-order valence-corrected chi connectivity index (χ0v) is 4.92. The molecule has 6 heavy (non-hydrogen) atoms. The van der Waals surface area contributed by atoms with Gasteiger partial charge in [-0.3, -0.25) is 0 Å². The maximum Gasteiger partial charge on any atom is 0.00527 e. The summed E-state index contributed by atoms with van der Waals surface area (Å²) in [6.07, 6.45) is 1.82. The molecule has 0 saturated heterocycles. The first kappa shape index (κ1) is 5.89. The van der Waals surface area contributed by atoms with Crippen molar-refractivity contribution in [2.24, 2.45) is 0 Å². The minimum Gasteiger partial charge on any atom is -0.393 e. The Balaban J connectivity index is 3.14. The summed E-state index contributed by atoms with van der Waals surface area (Å²) < 4.78 is 0. The van der Waals surface area contributed by atoms with Crippen LogP contribution >= 0.6 is 12.6 Å². The van der Waals surface area contributed by atoms with E-state index in [2.05, 4.69) is 17.9 Å². The lowest BCUT2D eigenvalue weighted by Gasteiger charge is -1.84. The first-order valence-electron chi connectivity index (χ1n) is 1.80.